The molecule has 9 nitrogen and oxygen atoms in total. The Bertz CT molecular complexity index is 1530. The highest BCUT2D eigenvalue weighted by molar-refractivity contribution is 8.00. The molecule has 0 aliphatic rings. The Kier molecular flexibility index (Phi) is 6.97. The summed E-state index contributed by atoms with van der Waals surface area (Å²) in [5, 5.41) is 3.19. The first-order valence-electron chi connectivity index (χ1n) is 10.5. The molecule has 1 N–H and O–H groups in total. The van der Waals surface area contributed by atoms with Gasteiger partial charge in [0.1, 0.15) is 22.0 Å². The van der Waals surface area contributed by atoms with Crippen LogP contribution in [-0.2, 0) is 25.4 Å². The smallest absolute Gasteiger partial charge is 0.332 e. The molecule has 0 saturated carbocycles. The fraction of sp³-hybridized carbons (Fsp3) is 0.208. The zero-order valence-electron chi connectivity index (χ0n) is 19.2. The number of halogens is 1. The van der Waals surface area contributed by atoms with Crippen molar-refractivity contribution in [2.45, 2.75) is 11.6 Å². The number of fused-ring (bicyclic) bond motifs is 1. The van der Waals surface area contributed by atoms with Gasteiger partial charge in [-0.3, -0.25) is 18.7 Å². The average Bonchev–Trinajstić information content (AvgIpc) is 2.88. The van der Waals surface area contributed by atoms with Crippen LogP contribution in [0.5, 0.6) is 5.75 Å². The maximum Gasteiger partial charge on any atom is 0.332 e. The highest BCUT2D eigenvalue weighted by Gasteiger charge is 2.19. The zero-order valence-corrected chi connectivity index (χ0v) is 20.1. The Labute approximate surface area is 203 Å². The summed E-state index contributed by atoms with van der Waals surface area (Å²) in [7, 11) is 4.44. The molecular formula is C24H22FN5O4S. The Hall–Kier alpha value is -3.99. The van der Waals surface area contributed by atoms with Crippen LogP contribution in [-0.4, -0.2) is 37.9 Å². The Morgan fingerprint density at radius 3 is 2.54 bits per heavy atom. The number of carbonyl (C=O) groups excluding carboxylic acids is 1. The molecule has 2 aromatic carbocycles. The summed E-state index contributed by atoms with van der Waals surface area (Å²) >= 11 is 1.07. The van der Waals surface area contributed by atoms with Gasteiger partial charge in [-0.05, 0) is 29.8 Å². The van der Waals surface area contributed by atoms with Gasteiger partial charge in [0.25, 0.3) is 5.56 Å². The van der Waals surface area contributed by atoms with Crippen LogP contribution in [0.25, 0.3) is 22.4 Å². The molecule has 0 spiro atoms. The number of nitrogens with zero attached hydrogens (tertiary/aromatic N) is 4. The van der Waals surface area contributed by atoms with Gasteiger partial charge in [-0.15, -0.1) is 0 Å². The Balaban J connectivity index is 1.69. The molecule has 0 atom stereocenters. The summed E-state index contributed by atoms with van der Waals surface area (Å²) in [4.78, 5) is 47.0. The molecule has 4 rings (SSSR count). The first kappa shape index (κ1) is 24.1. The normalized spacial score (nSPS) is 11.0. The van der Waals surface area contributed by atoms with Crippen molar-refractivity contribution in [1.82, 2.24) is 24.4 Å². The van der Waals surface area contributed by atoms with Crippen LogP contribution in [0.4, 0.5) is 4.39 Å². The molecule has 2 heterocycles. The monoisotopic (exact) mass is 495 g/mol. The standard InChI is InChI=1S/C24H22FN5O4S/c1-29-21-19(23(32)30(2)24(29)33)22(28-20(27-21)15-5-4-6-17(11-15)34-3)35-13-18(31)26-12-14-7-9-16(25)10-8-14/h4-11H,12-13H2,1-3H3,(H,26,31). The van der Waals surface area contributed by atoms with Gasteiger partial charge in [0.05, 0.1) is 12.9 Å². The number of thioether (sulfide) groups is 1. The second-order valence-corrected chi connectivity index (χ2v) is 8.64. The summed E-state index contributed by atoms with van der Waals surface area (Å²) < 4.78 is 20.6. The quantitative estimate of drug-likeness (QED) is 0.309. The molecule has 0 radical (unpaired) electrons. The zero-order chi connectivity index (χ0) is 25.1. The highest BCUT2D eigenvalue weighted by Crippen LogP contribution is 2.27. The number of aromatic nitrogens is 4. The molecule has 35 heavy (non-hydrogen) atoms. The summed E-state index contributed by atoms with van der Waals surface area (Å²) in [5.74, 6) is 0.202. The minimum absolute atomic E-state index is 0.0309. The first-order chi connectivity index (χ1) is 16.8. The fourth-order valence-corrected chi connectivity index (χ4v) is 4.26. The number of ether oxygens (including phenoxy) is 1. The second-order valence-electron chi connectivity index (χ2n) is 7.68. The van der Waals surface area contributed by atoms with Gasteiger partial charge in [0.2, 0.25) is 5.91 Å². The number of carbonyl (C=O) groups is 1. The van der Waals surface area contributed by atoms with E-state index in [4.69, 9.17) is 4.74 Å². The van der Waals surface area contributed by atoms with Crippen LogP contribution in [0.3, 0.4) is 0 Å². The van der Waals surface area contributed by atoms with E-state index in [0.717, 1.165) is 21.9 Å². The average molecular weight is 496 g/mol. The van der Waals surface area contributed by atoms with Crippen LogP contribution in [0.15, 0.2) is 63.1 Å². The van der Waals surface area contributed by atoms with Crippen molar-refractivity contribution >= 4 is 28.7 Å². The number of benzene rings is 2. The first-order valence-corrected chi connectivity index (χ1v) is 11.5. The summed E-state index contributed by atoms with van der Waals surface area (Å²) in [6.07, 6.45) is 0. The van der Waals surface area contributed by atoms with E-state index in [-0.39, 0.29) is 45.9 Å². The van der Waals surface area contributed by atoms with Crippen molar-refractivity contribution in [1.29, 1.82) is 0 Å². The van der Waals surface area contributed by atoms with Crippen LogP contribution < -0.4 is 21.3 Å². The predicted octanol–water partition coefficient (Wildman–Crippen LogP) is 2.25. The van der Waals surface area contributed by atoms with E-state index in [1.54, 1.807) is 43.5 Å². The van der Waals surface area contributed by atoms with E-state index in [1.807, 2.05) is 0 Å². The van der Waals surface area contributed by atoms with Gasteiger partial charge >= 0.3 is 5.69 Å². The molecule has 0 aliphatic heterocycles. The summed E-state index contributed by atoms with van der Waals surface area (Å²) in [5.41, 5.74) is 0.476. The van der Waals surface area contributed by atoms with Crippen molar-refractivity contribution < 1.29 is 13.9 Å². The Morgan fingerprint density at radius 2 is 1.83 bits per heavy atom. The molecule has 0 bridgehead atoms. The number of hydrogen-bond acceptors (Lipinski definition) is 7. The van der Waals surface area contributed by atoms with Crippen molar-refractivity contribution in [3.8, 4) is 17.1 Å². The number of hydrogen-bond donors (Lipinski definition) is 1. The van der Waals surface area contributed by atoms with Crippen molar-refractivity contribution in [3.63, 3.8) is 0 Å². The molecule has 2 aromatic heterocycles. The summed E-state index contributed by atoms with van der Waals surface area (Å²) in [6, 6.07) is 12.9. The van der Waals surface area contributed by atoms with E-state index in [9.17, 15) is 18.8 Å². The molecule has 180 valence electrons. The minimum atomic E-state index is -0.547. The lowest BCUT2D eigenvalue weighted by Crippen LogP contribution is -2.37. The number of rotatable bonds is 7. The predicted molar refractivity (Wildman–Crippen MR) is 131 cm³/mol. The van der Waals surface area contributed by atoms with Crippen molar-refractivity contribution in [2.75, 3.05) is 12.9 Å². The number of nitrogens with one attached hydrogen (secondary N) is 1. The fourth-order valence-electron chi connectivity index (χ4n) is 3.41. The Morgan fingerprint density at radius 1 is 1.09 bits per heavy atom. The lowest BCUT2D eigenvalue weighted by atomic mass is 10.2. The molecule has 0 unspecified atom stereocenters. The van der Waals surface area contributed by atoms with E-state index in [0.29, 0.717) is 11.3 Å². The van der Waals surface area contributed by atoms with E-state index in [2.05, 4.69) is 15.3 Å². The SMILES string of the molecule is COc1cccc(-c2nc(SCC(=O)NCc3ccc(F)cc3)c3c(=O)n(C)c(=O)n(C)c3n2)c1. The third-order valence-electron chi connectivity index (χ3n) is 5.34. The van der Waals surface area contributed by atoms with Crippen molar-refractivity contribution in [2.24, 2.45) is 14.1 Å². The molecular weight excluding hydrogens is 473 g/mol. The van der Waals surface area contributed by atoms with Gasteiger partial charge in [-0.2, -0.15) is 0 Å². The molecule has 4 aromatic rings. The third-order valence-corrected chi connectivity index (χ3v) is 6.31. The maximum atomic E-state index is 13.1. The topological polar surface area (TPSA) is 108 Å². The number of methoxy groups -OCH3 is 1. The van der Waals surface area contributed by atoms with E-state index >= 15 is 0 Å². The summed E-state index contributed by atoms with van der Waals surface area (Å²) in [6.45, 7) is 0.232. The lowest BCUT2D eigenvalue weighted by Gasteiger charge is -2.12. The van der Waals surface area contributed by atoms with Crippen LogP contribution in [0.2, 0.25) is 0 Å². The molecule has 11 heteroatoms. The minimum Gasteiger partial charge on any atom is -0.497 e. The van der Waals surface area contributed by atoms with Gasteiger partial charge in [-0.1, -0.05) is 36.0 Å². The maximum absolute atomic E-state index is 13.1. The van der Waals surface area contributed by atoms with Crippen molar-refractivity contribution in [3.05, 3.63) is 80.7 Å². The second kappa shape index (κ2) is 10.1. The lowest BCUT2D eigenvalue weighted by molar-refractivity contribution is -0.118. The van der Waals surface area contributed by atoms with Crippen LogP contribution >= 0.6 is 11.8 Å². The van der Waals surface area contributed by atoms with E-state index < -0.39 is 11.2 Å². The molecule has 1 amide bonds. The molecule has 0 saturated heterocycles. The third kappa shape index (κ3) is 5.09. The van der Waals surface area contributed by atoms with Gasteiger partial charge in [0.15, 0.2) is 11.5 Å². The van der Waals surface area contributed by atoms with Gasteiger partial charge in [-0.25, -0.2) is 19.2 Å². The van der Waals surface area contributed by atoms with Crippen LogP contribution in [0.1, 0.15) is 5.56 Å². The molecule has 0 aliphatic carbocycles. The van der Waals surface area contributed by atoms with Gasteiger partial charge in [0, 0.05) is 26.2 Å². The van der Waals surface area contributed by atoms with Crippen LogP contribution in [0, 0.1) is 5.82 Å². The van der Waals surface area contributed by atoms with E-state index in [1.165, 1.54) is 30.8 Å². The van der Waals surface area contributed by atoms with Gasteiger partial charge < -0.3 is 10.1 Å². The molecule has 0 fully saturated rings. The number of amides is 1. The number of aryl methyl sites for hydroxylation is 1. The highest BCUT2D eigenvalue weighted by atomic mass is 32.2. The largest absolute Gasteiger partial charge is 0.497 e.